The standard InChI is InChI=1S/C12H17NO2.C4F6O2/c1-12(2,3)11(14)13-9-5-7-10(15-4)8-6-9;5-3(6,7)1(11)2(12)4(8,9)10/h5-8H,1-4H3,(H,13,14);. The van der Waals surface area contributed by atoms with Crippen molar-refractivity contribution >= 4 is 23.2 Å². The van der Waals surface area contributed by atoms with Crippen LogP contribution in [0.1, 0.15) is 20.8 Å². The maximum absolute atomic E-state index is 11.6. The van der Waals surface area contributed by atoms with Gasteiger partial charge in [-0.1, -0.05) is 20.8 Å². The van der Waals surface area contributed by atoms with E-state index >= 15 is 0 Å². The van der Waals surface area contributed by atoms with Gasteiger partial charge in [0, 0.05) is 11.1 Å². The molecule has 1 aromatic rings. The number of benzene rings is 1. The molecule has 0 atom stereocenters. The van der Waals surface area contributed by atoms with E-state index in [-0.39, 0.29) is 11.3 Å². The van der Waals surface area contributed by atoms with E-state index in [2.05, 4.69) is 5.32 Å². The highest BCUT2D eigenvalue weighted by Gasteiger charge is 2.54. The molecular formula is C16H17F6NO4. The second-order valence-electron chi connectivity index (χ2n) is 6.09. The fraction of sp³-hybridized carbons (Fsp3) is 0.438. The van der Waals surface area contributed by atoms with Crippen LogP contribution in [0.25, 0.3) is 0 Å². The largest absolute Gasteiger partial charge is 0.497 e. The highest BCUT2D eigenvalue weighted by atomic mass is 19.4. The number of rotatable bonds is 3. The summed E-state index contributed by atoms with van der Waals surface area (Å²) in [6.07, 6.45) is -11.5. The summed E-state index contributed by atoms with van der Waals surface area (Å²) in [5.74, 6) is -6.03. The second kappa shape index (κ2) is 8.87. The number of alkyl halides is 6. The zero-order valence-electron chi connectivity index (χ0n) is 14.7. The Labute approximate surface area is 150 Å². The van der Waals surface area contributed by atoms with Crippen LogP contribution in [0.2, 0.25) is 0 Å². The number of hydrogen-bond acceptors (Lipinski definition) is 4. The first-order chi connectivity index (χ1) is 12.0. The topological polar surface area (TPSA) is 72.5 Å². The van der Waals surface area contributed by atoms with Gasteiger partial charge in [0.25, 0.3) is 0 Å². The normalized spacial score (nSPS) is 11.8. The third kappa shape index (κ3) is 8.56. The van der Waals surface area contributed by atoms with Crippen LogP contribution in [-0.4, -0.2) is 36.9 Å². The van der Waals surface area contributed by atoms with Crippen molar-refractivity contribution < 1.29 is 45.5 Å². The lowest BCUT2D eigenvalue weighted by atomic mass is 9.95. The van der Waals surface area contributed by atoms with E-state index in [1.54, 1.807) is 7.11 Å². The average molecular weight is 401 g/mol. The van der Waals surface area contributed by atoms with Gasteiger partial charge in [0.05, 0.1) is 7.11 Å². The molecule has 0 fully saturated rings. The molecule has 0 bridgehead atoms. The number of carbonyl (C=O) groups is 3. The molecule has 27 heavy (non-hydrogen) atoms. The first-order valence-electron chi connectivity index (χ1n) is 7.18. The molecule has 152 valence electrons. The number of carbonyl (C=O) groups excluding carboxylic acids is 3. The van der Waals surface area contributed by atoms with Gasteiger partial charge in [-0.05, 0) is 24.3 Å². The van der Waals surface area contributed by atoms with Gasteiger partial charge < -0.3 is 10.1 Å². The highest BCUT2D eigenvalue weighted by Crippen LogP contribution is 2.24. The van der Waals surface area contributed by atoms with Crippen LogP contribution >= 0.6 is 0 Å². The number of halogens is 6. The zero-order valence-corrected chi connectivity index (χ0v) is 14.7. The molecule has 0 aliphatic carbocycles. The first kappa shape index (κ1) is 24.4. The monoisotopic (exact) mass is 401 g/mol. The summed E-state index contributed by atoms with van der Waals surface area (Å²) in [7, 11) is 1.61. The van der Waals surface area contributed by atoms with Crippen molar-refractivity contribution in [2.24, 2.45) is 5.41 Å². The molecule has 0 aliphatic heterocycles. The van der Waals surface area contributed by atoms with Gasteiger partial charge >= 0.3 is 23.9 Å². The molecule has 0 aliphatic rings. The fourth-order valence-electron chi connectivity index (χ4n) is 1.25. The molecule has 5 nitrogen and oxygen atoms in total. The summed E-state index contributed by atoms with van der Waals surface area (Å²) < 4.78 is 72.0. The van der Waals surface area contributed by atoms with Crippen molar-refractivity contribution in [2.75, 3.05) is 12.4 Å². The SMILES string of the molecule is COc1ccc(NC(=O)C(C)(C)C)cc1.O=C(C(=O)C(F)(F)F)C(F)(F)F. The lowest BCUT2D eigenvalue weighted by Crippen LogP contribution is -2.39. The van der Waals surface area contributed by atoms with Crippen molar-refractivity contribution in [2.45, 2.75) is 33.1 Å². The number of anilines is 1. The molecule has 1 N–H and O–H groups in total. The van der Waals surface area contributed by atoms with Crippen LogP contribution in [-0.2, 0) is 14.4 Å². The minimum absolute atomic E-state index is 0.00710. The maximum atomic E-state index is 11.6. The van der Waals surface area contributed by atoms with Crippen molar-refractivity contribution in [3.8, 4) is 5.75 Å². The quantitative estimate of drug-likeness (QED) is 0.616. The third-order valence-corrected chi connectivity index (χ3v) is 2.75. The predicted octanol–water partition coefficient (Wildman–Crippen LogP) is 3.93. The van der Waals surface area contributed by atoms with E-state index in [1.807, 2.05) is 45.0 Å². The average Bonchev–Trinajstić information content (AvgIpc) is 2.52. The molecule has 0 saturated carbocycles. The summed E-state index contributed by atoms with van der Waals surface area (Å²) in [6.45, 7) is 5.64. The number of amides is 1. The summed E-state index contributed by atoms with van der Waals surface area (Å²) >= 11 is 0. The number of nitrogens with one attached hydrogen (secondary N) is 1. The lowest BCUT2D eigenvalue weighted by Gasteiger charge is -2.17. The third-order valence-electron chi connectivity index (χ3n) is 2.75. The van der Waals surface area contributed by atoms with Crippen molar-refractivity contribution in [3.05, 3.63) is 24.3 Å². The van der Waals surface area contributed by atoms with Crippen molar-refractivity contribution in [1.82, 2.24) is 0 Å². The Morgan fingerprint density at radius 2 is 1.19 bits per heavy atom. The number of methoxy groups -OCH3 is 1. The Bertz CT molecular complexity index is 648. The van der Waals surface area contributed by atoms with Gasteiger partial charge in [-0.2, -0.15) is 26.3 Å². The van der Waals surface area contributed by atoms with Crippen molar-refractivity contribution in [3.63, 3.8) is 0 Å². The number of ether oxygens (including phenoxy) is 1. The molecule has 1 aromatic carbocycles. The molecule has 0 saturated heterocycles. The first-order valence-corrected chi connectivity index (χ1v) is 7.18. The molecule has 11 heteroatoms. The Balaban J connectivity index is 0.000000516. The Hall–Kier alpha value is -2.59. The number of ketones is 2. The molecule has 0 unspecified atom stereocenters. The van der Waals surface area contributed by atoms with Gasteiger partial charge in [0.15, 0.2) is 0 Å². The van der Waals surface area contributed by atoms with E-state index in [0.717, 1.165) is 11.4 Å². The van der Waals surface area contributed by atoms with Crippen LogP contribution in [0.4, 0.5) is 32.0 Å². The van der Waals surface area contributed by atoms with Crippen LogP contribution in [0.3, 0.4) is 0 Å². The van der Waals surface area contributed by atoms with Gasteiger partial charge in [0.2, 0.25) is 5.91 Å². The van der Waals surface area contributed by atoms with Crippen LogP contribution in [0, 0.1) is 5.41 Å². The molecular weight excluding hydrogens is 384 g/mol. The maximum Gasteiger partial charge on any atom is 0.458 e. The minimum atomic E-state index is -5.77. The second-order valence-corrected chi connectivity index (χ2v) is 6.09. The van der Waals surface area contributed by atoms with Gasteiger partial charge in [0.1, 0.15) is 5.75 Å². The molecule has 1 rings (SSSR count). The molecule has 0 heterocycles. The highest BCUT2D eigenvalue weighted by molar-refractivity contribution is 6.41. The summed E-state index contributed by atoms with van der Waals surface area (Å²) in [5, 5.41) is 2.84. The van der Waals surface area contributed by atoms with Crippen LogP contribution in [0.15, 0.2) is 24.3 Å². The Kier molecular flexibility index (Phi) is 8.02. The summed E-state index contributed by atoms with van der Waals surface area (Å²) in [6, 6.07) is 7.28. The Morgan fingerprint density at radius 1 is 0.815 bits per heavy atom. The van der Waals surface area contributed by atoms with Gasteiger partial charge in [-0.3, -0.25) is 14.4 Å². The van der Waals surface area contributed by atoms with E-state index in [1.165, 1.54) is 0 Å². The van der Waals surface area contributed by atoms with Crippen LogP contribution in [0.5, 0.6) is 5.75 Å². The van der Waals surface area contributed by atoms with E-state index < -0.39 is 23.9 Å². The van der Waals surface area contributed by atoms with Crippen molar-refractivity contribution in [1.29, 1.82) is 0 Å². The van der Waals surface area contributed by atoms with Gasteiger partial charge in [-0.25, -0.2) is 0 Å². The molecule has 0 aromatic heterocycles. The van der Waals surface area contributed by atoms with E-state index in [0.29, 0.717) is 0 Å². The predicted molar refractivity (Wildman–Crippen MR) is 83.2 cm³/mol. The fourth-order valence-corrected chi connectivity index (χ4v) is 1.25. The number of hydrogen-bond donors (Lipinski definition) is 1. The minimum Gasteiger partial charge on any atom is -0.497 e. The zero-order chi connectivity index (χ0) is 21.6. The lowest BCUT2D eigenvalue weighted by molar-refractivity contribution is -0.193. The Morgan fingerprint density at radius 3 is 1.44 bits per heavy atom. The van der Waals surface area contributed by atoms with Crippen LogP contribution < -0.4 is 10.1 Å². The summed E-state index contributed by atoms with van der Waals surface area (Å²) in [5.41, 5.74) is 0.413. The summed E-state index contributed by atoms with van der Waals surface area (Å²) in [4.78, 5) is 30.9. The molecule has 0 radical (unpaired) electrons. The van der Waals surface area contributed by atoms with Gasteiger partial charge in [-0.15, -0.1) is 0 Å². The number of Topliss-reactive ketones (excluding diaryl/α,β-unsaturated/α-hetero) is 2. The molecule has 0 spiro atoms. The smallest absolute Gasteiger partial charge is 0.458 e. The van der Waals surface area contributed by atoms with E-state index in [9.17, 15) is 40.7 Å². The van der Waals surface area contributed by atoms with E-state index in [4.69, 9.17) is 4.74 Å². The molecule has 1 amide bonds.